The topological polar surface area (TPSA) is 64.4 Å². The lowest BCUT2D eigenvalue weighted by atomic mass is 9.94. The van der Waals surface area contributed by atoms with Gasteiger partial charge in [-0.1, -0.05) is 43.2 Å². The van der Waals surface area contributed by atoms with E-state index in [1.807, 2.05) is 43.1 Å². The number of para-hydroxylation sites is 1. The van der Waals surface area contributed by atoms with Crippen molar-refractivity contribution in [1.82, 2.24) is 14.5 Å². The summed E-state index contributed by atoms with van der Waals surface area (Å²) in [5.74, 6) is 0.109. The summed E-state index contributed by atoms with van der Waals surface area (Å²) in [5, 5.41) is 0.908. The first kappa shape index (κ1) is 21.4. The molecule has 2 unspecified atom stereocenters. The van der Waals surface area contributed by atoms with Gasteiger partial charge in [0.1, 0.15) is 0 Å². The molecule has 0 spiro atoms. The van der Waals surface area contributed by atoms with E-state index in [0.29, 0.717) is 28.6 Å². The third-order valence-corrected chi connectivity index (χ3v) is 7.41. The van der Waals surface area contributed by atoms with Gasteiger partial charge in [0.25, 0.3) is 5.56 Å². The normalized spacial score (nSPS) is 21.1. The number of amides is 1. The fourth-order valence-corrected chi connectivity index (χ4v) is 5.55. The largest absolute Gasteiger partial charge is 0.376 e. The van der Waals surface area contributed by atoms with E-state index in [0.717, 1.165) is 32.3 Å². The summed E-state index contributed by atoms with van der Waals surface area (Å²) in [4.78, 5) is 33.0. The molecule has 2 fully saturated rings. The van der Waals surface area contributed by atoms with Gasteiger partial charge in [-0.05, 0) is 44.7 Å². The molecule has 1 aromatic heterocycles. The number of aromatic nitrogens is 2. The molecule has 2 aromatic rings. The molecule has 2 aliphatic rings. The van der Waals surface area contributed by atoms with Crippen LogP contribution in [0.5, 0.6) is 0 Å². The second kappa shape index (κ2) is 9.52. The second-order valence-corrected chi connectivity index (χ2v) is 9.77. The molecule has 30 heavy (non-hydrogen) atoms. The quantitative estimate of drug-likeness (QED) is 0.516. The maximum atomic E-state index is 13.2. The Bertz CT molecular complexity index is 948. The Hall–Kier alpha value is -1.86. The summed E-state index contributed by atoms with van der Waals surface area (Å²) in [6, 6.07) is 7.75. The average molecular weight is 430 g/mol. The van der Waals surface area contributed by atoms with Crippen molar-refractivity contribution in [3.05, 3.63) is 34.6 Å². The third-order valence-electron chi connectivity index (χ3n) is 6.34. The highest BCUT2D eigenvalue weighted by Crippen LogP contribution is 2.28. The van der Waals surface area contributed by atoms with Gasteiger partial charge in [0.15, 0.2) is 5.16 Å². The zero-order valence-electron chi connectivity index (χ0n) is 17.9. The molecule has 2 atom stereocenters. The van der Waals surface area contributed by atoms with Gasteiger partial charge in [-0.3, -0.25) is 14.2 Å². The Morgan fingerprint density at radius 1 is 1.23 bits per heavy atom. The average Bonchev–Trinajstić information content (AvgIpc) is 3.29. The minimum absolute atomic E-state index is 0.0286. The van der Waals surface area contributed by atoms with Gasteiger partial charge in [-0.2, -0.15) is 0 Å². The molecule has 1 aliphatic heterocycles. The highest BCUT2D eigenvalue weighted by Gasteiger charge is 2.28. The highest BCUT2D eigenvalue weighted by atomic mass is 32.2. The van der Waals surface area contributed by atoms with Crippen molar-refractivity contribution >= 4 is 28.6 Å². The zero-order chi connectivity index (χ0) is 21.1. The summed E-state index contributed by atoms with van der Waals surface area (Å²) in [6.45, 7) is 3.15. The van der Waals surface area contributed by atoms with Gasteiger partial charge >= 0.3 is 0 Å². The van der Waals surface area contributed by atoms with Crippen LogP contribution in [0.2, 0.25) is 0 Å². The van der Waals surface area contributed by atoms with E-state index in [1.165, 1.54) is 31.0 Å². The SMILES string of the molecule is CC(Sc1nc2ccccc2c(=O)n1CC1CCCO1)C(=O)N(C)C1CCCCC1. The molecule has 4 rings (SSSR count). The van der Waals surface area contributed by atoms with Crippen molar-refractivity contribution in [1.29, 1.82) is 0 Å². The van der Waals surface area contributed by atoms with E-state index >= 15 is 0 Å². The summed E-state index contributed by atoms with van der Waals surface area (Å²) < 4.78 is 7.49. The van der Waals surface area contributed by atoms with Crippen LogP contribution in [0.4, 0.5) is 0 Å². The zero-order valence-corrected chi connectivity index (χ0v) is 18.7. The van der Waals surface area contributed by atoms with Crippen molar-refractivity contribution in [2.75, 3.05) is 13.7 Å². The van der Waals surface area contributed by atoms with Crippen molar-refractivity contribution in [3.8, 4) is 0 Å². The van der Waals surface area contributed by atoms with Crippen LogP contribution in [-0.2, 0) is 16.1 Å². The minimum atomic E-state index is -0.305. The van der Waals surface area contributed by atoms with Crippen LogP contribution >= 0.6 is 11.8 Å². The number of ether oxygens (including phenoxy) is 1. The molecule has 0 bridgehead atoms. The minimum Gasteiger partial charge on any atom is -0.376 e. The molecule has 1 saturated carbocycles. The molecule has 2 heterocycles. The summed E-state index contributed by atoms with van der Waals surface area (Å²) in [7, 11) is 1.92. The number of hydrogen-bond donors (Lipinski definition) is 0. The molecule has 0 radical (unpaired) electrons. The molecular weight excluding hydrogens is 398 g/mol. The Morgan fingerprint density at radius 3 is 2.73 bits per heavy atom. The molecule has 1 saturated heterocycles. The lowest BCUT2D eigenvalue weighted by molar-refractivity contribution is -0.131. The first-order valence-corrected chi connectivity index (χ1v) is 12.0. The van der Waals surface area contributed by atoms with E-state index in [1.54, 1.807) is 4.57 Å². The van der Waals surface area contributed by atoms with Gasteiger partial charge in [-0.15, -0.1) is 0 Å². The van der Waals surface area contributed by atoms with Gasteiger partial charge < -0.3 is 9.64 Å². The van der Waals surface area contributed by atoms with Crippen molar-refractivity contribution in [3.63, 3.8) is 0 Å². The smallest absolute Gasteiger partial charge is 0.262 e. The molecule has 6 nitrogen and oxygen atoms in total. The predicted octanol–water partition coefficient (Wildman–Crippen LogP) is 3.85. The number of rotatable bonds is 6. The molecular formula is C23H31N3O3S. The van der Waals surface area contributed by atoms with Gasteiger partial charge in [0.2, 0.25) is 5.91 Å². The molecule has 1 aromatic carbocycles. The Balaban J connectivity index is 1.59. The number of nitrogens with zero attached hydrogens (tertiary/aromatic N) is 3. The molecule has 1 amide bonds. The van der Waals surface area contributed by atoms with Crippen LogP contribution in [0.15, 0.2) is 34.2 Å². The Labute approximate surface area is 182 Å². The fourth-order valence-electron chi connectivity index (χ4n) is 4.53. The van der Waals surface area contributed by atoms with Gasteiger partial charge in [-0.25, -0.2) is 4.98 Å². The van der Waals surface area contributed by atoms with Crippen LogP contribution < -0.4 is 5.56 Å². The van der Waals surface area contributed by atoms with E-state index in [9.17, 15) is 9.59 Å². The lowest BCUT2D eigenvalue weighted by Gasteiger charge is -2.32. The van der Waals surface area contributed by atoms with Gasteiger partial charge in [0, 0.05) is 19.7 Å². The number of benzene rings is 1. The molecule has 7 heteroatoms. The Morgan fingerprint density at radius 2 is 2.00 bits per heavy atom. The van der Waals surface area contributed by atoms with Crippen LogP contribution in [0.3, 0.4) is 0 Å². The Kier molecular flexibility index (Phi) is 6.78. The molecule has 162 valence electrons. The molecule has 0 N–H and O–H groups in total. The van der Waals surface area contributed by atoms with E-state index in [2.05, 4.69) is 0 Å². The lowest BCUT2D eigenvalue weighted by Crippen LogP contribution is -2.42. The molecule has 1 aliphatic carbocycles. The van der Waals surface area contributed by atoms with E-state index < -0.39 is 0 Å². The van der Waals surface area contributed by atoms with Crippen LogP contribution in [0.25, 0.3) is 10.9 Å². The highest BCUT2D eigenvalue weighted by molar-refractivity contribution is 8.00. The number of fused-ring (bicyclic) bond motifs is 1. The first-order chi connectivity index (χ1) is 14.5. The van der Waals surface area contributed by atoms with Crippen LogP contribution in [0, 0.1) is 0 Å². The predicted molar refractivity (Wildman–Crippen MR) is 120 cm³/mol. The summed E-state index contributed by atoms with van der Waals surface area (Å²) >= 11 is 1.39. The number of thioether (sulfide) groups is 1. The third kappa shape index (κ3) is 4.57. The standard InChI is InChI=1S/C23H31N3O3S/c1-16(21(27)25(2)17-9-4-3-5-10-17)30-23-24-20-13-7-6-12-19(20)22(28)26(23)15-18-11-8-14-29-18/h6-7,12-13,16-18H,3-5,8-11,14-15H2,1-2H3. The van der Waals surface area contributed by atoms with Crippen molar-refractivity contribution in [2.45, 2.75) is 81.0 Å². The number of carbonyl (C=O) groups is 1. The maximum Gasteiger partial charge on any atom is 0.262 e. The van der Waals surface area contributed by atoms with E-state index in [4.69, 9.17) is 9.72 Å². The van der Waals surface area contributed by atoms with Crippen LogP contribution in [0.1, 0.15) is 51.9 Å². The first-order valence-electron chi connectivity index (χ1n) is 11.1. The van der Waals surface area contributed by atoms with Crippen molar-refractivity contribution < 1.29 is 9.53 Å². The number of hydrogen-bond acceptors (Lipinski definition) is 5. The van der Waals surface area contributed by atoms with Gasteiger partial charge in [0.05, 0.1) is 28.8 Å². The van der Waals surface area contributed by atoms with E-state index in [-0.39, 0.29) is 22.8 Å². The monoisotopic (exact) mass is 429 g/mol. The summed E-state index contributed by atoms with van der Waals surface area (Å²) in [5.41, 5.74) is 0.618. The van der Waals surface area contributed by atoms with Crippen molar-refractivity contribution in [2.24, 2.45) is 0 Å². The second-order valence-electron chi connectivity index (χ2n) is 8.46. The fraction of sp³-hybridized carbons (Fsp3) is 0.609. The summed E-state index contributed by atoms with van der Waals surface area (Å²) in [6.07, 6.45) is 7.80. The van der Waals surface area contributed by atoms with Crippen LogP contribution in [-0.4, -0.2) is 51.4 Å². The maximum absolute atomic E-state index is 13.2. The number of carbonyl (C=O) groups excluding carboxylic acids is 1.